The number of nitrogens with one attached hydrogen (secondary N) is 1. The molecule has 0 aliphatic carbocycles. The van der Waals surface area contributed by atoms with Gasteiger partial charge in [-0.3, -0.25) is 4.79 Å². The van der Waals surface area contributed by atoms with Crippen molar-refractivity contribution in [2.24, 2.45) is 0 Å². The molecule has 0 aromatic heterocycles. The number of thioether (sulfide) groups is 1. The Morgan fingerprint density at radius 1 is 1.35 bits per heavy atom. The van der Waals surface area contributed by atoms with Gasteiger partial charge in [0.25, 0.3) is 0 Å². The molecule has 0 aliphatic heterocycles. The number of rotatable bonds is 5. The predicted molar refractivity (Wildman–Crippen MR) is 65.6 cm³/mol. The molecule has 0 radical (unpaired) electrons. The molecule has 0 fully saturated rings. The Morgan fingerprint density at radius 2 is 1.88 bits per heavy atom. The molecule has 2 N–H and O–H groups in total. The van der Waals surface area contributed by atoms with Gasteiger partial charge in [-0.1, -0.05) is 0 Å². The third-order valence-electron chi connectivity index (χ3n) is 2.06. The van der Waals surface area contributed by atoms with E-state index in [9.17, 15) is 13.2 Å². The van der Waals surface area contributed by atoms with Crippen molar-refractivity contribution >= 4 is 27.8 Å². The summed E-state index contributed by atoms with van der Waals surface area (Å²) >= 11 is 1.16. The second-order valence-corrected chi connectivity index (χ2v) is 6.58. The first-order chi connectivity index (χ1) is 7.86. The van der Waals surface area contributed by atoms with Crippen molar-refractivity contribution in [1.29, 1.82) is 0 Å². The van der Waals surface area contributed by atoms with Crippen LogP contribution in [0.2, 0.25) is 0 Å². The van der Waals surface area contributed by atoms with E-state index in [4.69, 9.17) is 5.11 Å². The molecule has 0 heterocycles. The van der Waals surface area contributed by atoms with Crippen LogP contribution in [0.5, 0.6) is 0 Å². The van der Waals surface area contributed by atoms with E-state index < -0.39 is 21.2 Å². The maximum Gasteiger partial charge on any atom is 0.316 e. The molecule has 0 bridgehead atoms. The van der Waals surface area contributed by atoms with E-state index in [0.717, 1.165) is 16.7 Å². The van der Waals surface area contributed by atoms with Gasteiger partial charge in [-0.25, -0.2) is 13.1 Å². The van der Waals surface area contributed by atoms with Gasteiger partial charge < -0.3 is 5.11 Å². The number of carbonyl (C=O) groups is 1. The molecule has 94 valence electrons. The molecule has 5 nitrogen and oxygen atoms in total. The second kappa shape index (κ2) is 5.52. The summed E-state index contributed by atoms with van der Waals surface area (Å²) in [5.41, 5.74) is 0. The lowest BCUT2D eigenvalue weighted by Gasteiger charge is -2.07. The van der Waals surface area contributed by atoms with Crippen molar-refractivity contribution < 1.29 is 18.3 Å². The van der Waals surface area contributed by atoms with Gasteiger partial charge in [-0.15, -0.1) is 11.8 Å². The highest BCUT2D eigenvalue weighted by molar-refractivity contribution is 8.00. The number of benzene rings is 1. The van der Waals surface area contributed by atoms with Crippen LogP contribution in [0.4, 0.5) is 0 Å². The monoisotopic (exact) mass is 275 g/mol. The van der Waals surface area contributed by atoms with Crippen LogP contribution < -0.4 is 4.72 Å². The number of sulfonamides is 1. The largest absolute Gasteiger partial charge is 0.480 e. The van der Waals surface area contributed by atoms with Crippen LogP contribution >= 0.6 is 11.8 Å². The Hall–Kier alpha value is -1.05. The molecule has 17 heavy (non-hydrogen) atoms. The van der Waals surface area contributed by atoms with Gasteiger partial charge in [0.05, 0.1) is 4.90 Å². The van der Waals surface area contributed by atoms with Crippen LogP contribution in [0.3, 0.4) is 0 Å². The van der Waals surface area contributed by atoms with Crippen molar-refractivity contribution in [2.75, 3.05) is 7.05 Å². The van der Waals surface area contributed by atoms with Gasteiger partial charge in [0, 0.05) is 4.90 Å². The molecule has 0 aliphatic rings. The summed E-state index contributed by atoms with van der Waals surface area (Å²) in [6.45, 7) is 1.57. The highest BCUT2D eigenvalue weighted by atomic mass is 32.2. The fourth-order valence-corrected chi connectivity index (χ4v) is 2.60. The minimum atomic E-state index is -3.44. The molecule has 1 aromatic carbocycles. The molecule has 0 spiro atoms. The van der Waals surface area contributed by atoms with Crippen molar-refractivity contribution in [1.82, 2.24) is 4.72 Å². The second-order valence-electron chi connectivity index (χ2n) is 3.28. The van der Waals surface area contributed by atoms with E-state index in [0.29, 0.717) is 0 Å². The first-order valence-electron chi connectivity index (χ1n) is 4.80. The topological polar surface area (TPSA) is 83.5 Å². The Labute approximate surface area is 104 Å². The zero-order valence-corrected chi connectivity index (χ0v) is 11.0. The van der Waals surface area contributed by atoms with E-state index in [1.807, 2.05) is 0 Å². The van der Waals surface area contributed by atoms with E-state index in [1.54, 1.807) is 19.1 Å². The molecule has 0 amide bonds. The van der Waals surface area contributed by atoms with Gasteiger partial charge in [-0.05, 0) is 38.2 Å². The molecule has 1 unspecified atom stereocenters. The Balaban J connectivity index is 2.86. The van der Waals surface area contributed by atoms with Crippen LogP contribution in [-0.2, 0) is 14.8 Å². The van der Waals surface area contributed by atoms with E-state index in [1.165, 1.54) is 19.2 Å². The highest BCUT2D eigenvalue weighted by Gasteiger charge is 2.14. The molecule has 0 saturated carbocycles. The molecular formula is C10H13NO4S2. The lowest BCUT2D eigenvalue weighted by molar-refractivity contribution is -0.136. The number of hydrogen-bond donors (Lipinski definition) is 2. The summed E-state index contributed by atoms with van der Waals surface area (Å²) in [5, 5.41) is 8.17. The average molecular weight is 275 g/mol. The van der Waals surface area contributed by atoms with Gasteiger partial charge in [0.2, 0.25) is 10.0 Å². The zero-order valence-electron chi connectivity index (χ0n) is 9.38. The van der Waals surface area contributed by atoms with Crippen LogP contribution in [0, 0.1) is 0 Å². The Kier molecular flexibility index (Phi) is 4.55. The van der Waals surface area contributed by atoms with Crippen LogP contribution in [-0.4, -0.2) is 31.8 Å². The van der Waals surface area contributed by atoms with Gasteiger partial charge in [0.1, 0.15) is 5.25 Å². The summed E-state index contributed by atoms with van der Waals surface area (Å²) < 4.78 is 25.1. The first-order valence-corrected chi connectivity index (χ1v) is 7.16. The number of hydrogen-bond acceptors (Lipinski definition) is 4. The quantitative estimate of drug-likeness (QED) is 0.788. The molecule has 1 rings (SSSR count). The lowest BCUT2D eigenvalue weighted by atomic mass is 10.4. The third-order valence-corrected chi connectivity index (χ3v) is 4.59. The fraction of sp³-hybridized carbons (Fsp3) is 0.300. The van der Waals surface area contributed by atoms with Crippen LogP contribution in [0.1, 0.15) is 6.92 Å². The van der Waals surface area contributed by atoms with Crippen molar-refractivity contribution in [3.05, 3.63) is 24.3 Å². The number of aliphatic carboxylic acids is 1. The van der Waals surface area contributed by atoms with Crippen LogP contribution in [0.25, 0.3) is 0 Å². The summed E-state index contributed by atoms with van der Waals surface area (Å²) in [7, 11) is -2.10. The van der Waals surface area contributed by atoms with Gasteiger partial charge >= 0.3 is 5.97 Å². The highest BCUT2D eigenvalue weighted by Crippen LogP contribution is 2.24. The number of carboxylic acids is 1. The number of carboxylic acid groups (broad SMARTS) is 1. The van der Waals surface area contributed by atoms with Crippen molar-refractivity contribution in [3.63, 3.8) is 0 Å². The van der Waals surface area contributed by atoms with E-state index >= 15 is 0 Å². The van der Waals surface area contributed by atoms with Crippen LogP contribution in [0.15, 0.2) is 34.1 Å². The third kappa shape index (κ3) is 3.72. The van der Waals surface area contributed by atoms with Gasteiger partial charge in [0.15, 0.2) is 0 Å². The van der Waals surface area contributed by atoms with E-state index in [-0.39, 0.29) is 4.90 Å². The zero-order chi connectivity index (χ0) is 13.1. The molecule has 7 heteroatoms. The Morgan fingerprint density at radius 3 is 2.29 bits per heavy atom. The smallest absolute Gasteiger partial charge is 0.316 e. The van der Waals surface area contributed by atoms with E-state index in [2.05, 4.69) is 4.72 Å². The lowest BCUT2D eigenvalue weighted by Crippen LogP contribution is -2.18. The standard InChI is InChI=1S/C10H13NO4S2/c1-7(10(12)13)16-8-3-5-9(6-4-8)17(14,15)11-2/h3-7,11H,1-2H3,(H,12,13). The SMILES string of the molecule is CNS(=O)(=O)c1ccc(SC(C)C(=O)O)cc1. The minimum absolute atomic E-state index is 0.160. The fourth-order valence-electron chi connectivity index (χ4n) is 1.07. The summed E-state index contributed by atoms with van der Waals surface area (Å²) in [5.74, 6) is -0.901. The minimum Gasteiger partial charge on any atom is -0.480 e. The Bertz CT molecular complexity index is 496. The molecule has 1 atom stereocenters. The summed E-state index contributed by atoms with van der Waals surface area (Å²) in [6.07, 6.45) is 0. The summed E-state index contributed by atoms with van der Waals surface area (Å²) in [6, 6.07) is 6.08. The molecule has 0 saturated heterocycles. The summed E-state index contributed by atoms with van der Waals surface area (Å²) in [4.78, 5) is 11.5. The first kappa shape index (κ1) is 14.0. The maximum atomic E-state index is 11.4. The van der Waals surface area contributed by atoms with Gasteiger partial charge in [-0.2, -0.15) is 0 Å². The molecule has 1 aromatic rings. The van der Waals surface area contributed by atoms with Crippen molar-refractivity contribution in [3.8, 4) is 0 Å². The average Bonchev–Trinajstić information content (AvgIpc) is 2.29. The predicted octanol–water partition coefficient (Wildman–Crippen LogP) is 1.16. The van der Waals surface area contributed by atoms with Crippen molar-refractivity contribution in [2.45, 2.75) is 22.0 Å². The normalized spacial score (nSPS) is 13.3. The molecular weight excluding hydrogens is 262 g/mol. The maximum absolute atomic E-state index is 11.4.